The summed E-state index contributed by atoms with van der Waals surface area (Å²) < 4.78 is 5.72. The van der Waals surface area contributed by atoms with Crippen molar-refractivity contribution >= 4 is 29.1 Å². The topological polar surface area (TPSA) is 29.5 Å². The molecule has 0 aliphatic heterocycles. The van der Waals surface area contributed by atoms with Crippen LogP contribution in [0.4, 0.5) is 0 Å². The van der Waals surface area contributed by atoms with Crippen LogP contribution < -0.4 is 4.74 Å². The lowest BCUT2D eigenvalue weighted by Gasteiger charge is -2.15. The maximum absolute atomic E-state index is 12.1. The summed E-state index contributed by atoms with van der Waals surface area (Å²) in [6.45, 7) is 2.95. The van der Waals surface area contributed by atoms with Crippen molar-refractivity contribution in [2.24, 2.45) is 0 Å². The number of rotatable bonds is 5. The molecule has 0 aromatic heterocycles. The second kappa shape index (κ2) is 7.52. The van der Waals surface area contributed by atoms with E-state index in [-0.39, 0.29) is 5.91 Å². The van der Waals surface area contributed by atoms with Crippen molar-refractivity contribution in [3.05, 3.63) is 63.6 Å². The minimum absolute atomic E-state index is 0.0255. The fraction of sp³-hybridized carbons (Fsp3) is 0.235. The first-order valence-corrected chi connectivity index (χ1v) is 7.69. The fourth-order valence-corrected chi connectivity index (χ4v) is 2.20. The summed E-state index contributed by atoms with van der Waals surface area (Å²) in [4.78, 5) is 13.8. The SMILES string of the molecule is CCN(C)C(=O)c1cccc(OCc2ccc(Cl)c(Cl)c2)c1. The molecule has 2 aromatic carbocycles. The van der Waals surface area contributed by atoms with Gasteiger partial charge in [0.25, 0.3) is 5.91 Å². The van der Waals surface area contributed by atoms with Crippen LogP contribution in [-0.4, -0.2) is 24.4 Å². The highest BCUT2D eigenvalue weighted by Gasteiger charge is 2.10. The number of hydrogen-bond donors (Lipinski definition) is 0. The number of nitrogens with zero attached hydrogens (tertiary/aromatic N) is 1. The normalized spacial score (nSPS) is 10.4. The van der Waals surface area contributed by atoms with Crippen molar-refractivity contribution in [3.8, 4) is 5.75 Å². The van der Waals surface area contributed by atoms with Crippen LogP contribution in [0.3, 0.4) is 0 Å². The second-order valence-electron chi connectivity index (χ2n) is 4.88. The van der Waals surface area contributed by atoms with E-state index in [4.69, 9.17) is 27.9 Å². The molecule has 22 heavy (non-hydrogen) atoms. The van der Waals surface area contributed by atoms with Crippen LogP contribution in [0.15, 0.2) is 42.5 Å². The minimum Gasteiger partial charge on any atom is -0.489 e. The van der Waals surface area contributed by atoms with E-state index >= 15 is 0 Å². The molecular formula is C17H17Cl2NO2. The molecule has 0 aliphatic rings. The fourth-order valence-electron chi connectivity index (χ4n) is 1.88. The molecule has 0 spiro atoms. The van der Waals surface area contributed by atoms with Gasteiger partial charge in [0.15, 0.2) is 0 Å². The van der Waals surface area contributed by atoms with Gasteiger partial charge in [0.05, 0.1) is 10.0 Å². The third-order valence-corrected chi connectivity index (χ3v) is 4.03. The highest BCUT2D eigenvalue weighted by molar-refractivity contribution is 6.42. The Hall–Kier alpha value is -1.71. The third kappa shape index (κ3) is 4.15. The lowest BCUT2D eigenvalue weighted by molar-refractivity contribution is 0.0802. The van der Waals surface area contributed by atoms with Gasteiger partial charge in [0.1, 0.15) is 12.4 Å². The Bertz CT molecular complexity index is 673. The smallest absolute Gasteiger partial charge is 0.253 e. The zero-order valence-electron chi connectivity index (χ0n) is 12.5. The first-order chi connectivity index (χ1) is 10.5. The van der Waals surface area contributed by atoms with Crippen molar-refractivity contribution in [2.75, 3.05) is 13.6 Å². The molecular weight excluding hydrogens is 321 g/mol. The Labute approximate surface area is 140 Å². The van der Waals surface area contributed by atoms with Crippen molar-refractivity contribution in [1.82, 2.24) is 4.90 Å². The van der Waals surface area contributed by atoms with Crippen molar-refractivity contribution in [1.29, 1.82) is 0 Å². The molecule has 0 fully saturated rings. The van der Waals surface area contributed by atoms with E-state index in [1.807, 2.05) is 19.1 Å². The Kier molecular flexibility index (Phi) is 5.69. The molecule has 0 radical (unpaired) electrons. The van der Waals surface area contributed by atoms with Crippen LogP contribution >= 0.6 is 23.2 Å². The van der Waals surface area contributed by atoms with Crippen LogP contribution in [0.2, 0.25) is 10.0 Å². The predicted molar refractivity (Wildman–Crippen MR) is 89.9 cm³/mol. The summed E-state index contributed by atoms with van der Waals surface area (Å²) in [6.07, 6.45) is 0. The zero-order valence-corrected chi connectivity index (χ0v) is 14.0. The molecule has 0 aliphatic carbocycles. The first kappa shape index (κ1) is 16.7. The van der Waals surface area contributed by atoms with E-state index < -0.39 is 0 Å². The predicted octanol–water partition coefficient (Wildman–Crippen LogP) is 4.66. The highest BCUT2D eigenvalue weighted by Crippen LogP contribution is 2.23. The summed E-state index contributed by atoms with van der Waals surface area (Å²) >= 11 is 11.9. The molecule has 0 atom stereocenters. The molecule has 0 saturated heterocycles. The Morgan fingerprint density at radius 1 is 1.14 bits per heavy atom. The zero-order chi connectivity index (χ0) is 16.1. The molecule has 0 unspecified atom stereocenters. The third-order valence-electron chi connectivity index (χ3n) is 3.29. The molecule has 116 valence electrons. The molecule has 3 nitrogen and oxygen atoms in total. The van der Waals surface area contributed by atoms with Gasteiger partial charge in [-0.1, -0.05) is 35.3 Å². The van der Waals surface area contributed by atoms with Crippen molar-refractivity contribution in [3.63, 3.8) is 0 Å². The van der Waals surface area contributed by atoms with Gasteiger partial charge < -0.3 is 9.64 Å². The van der Waals surface area contributed by atoms with E-state index in [9.17, 15) is 4.79 Å². The van der Waals surface area contributed by atoms with Gasteiger partial charge in [0, 0.05) is 19.2 Å². The van der Waals surface area contributed by atoms with Gasteiger partial charge in [-0.15, -0.1) is 0 Å². The van der Waals surface area contributed by atoms with Crippen LogP contribution in [-0.2, 0) is 6.61 Å². The van der Waals surface area contributed by atoms with Gasteiger partial charge in [-0.2, -0.15) is 0 Å². The Morgan fingerprint density at radius 2 is 1.91 bits per heavy atom. The molecule has 5 heteroatoms. The summed E-state index contributed by atoms with van der Waals surface area (Å²) in [6, 6.07) is 12.5. The van der Waals surface area contributed by atoms with Gasteiger partial charge in [-0.3, -0.25) is 4.79 Å². The van der Waals surface area contributed by atoms with E-state index in [1.54, 1.807) is 42.3 Å². The monoisotopic (exact) mass is 337 g/mol. The number of halogens is 2. The van der Waals surface area contributed by atoms with Crippen LogP contribution in [0.1, 0.15) is 22.8 Å². The quantitative estimate of drug-likeness (QED) is 0.793. The highest BCUT2D eigenvalue weighted by atomic mass is 35.5. The standard InChI is InChI=1S/C17H17Cl2NO2/c1-3-20(2)17(21)13-5-4-6-14(10-13)22-11-12-7-8-15(18)16(19)9-12/h4-10H,3,11H2,1-2H3. The van der Waals surface area contributed by atoms with Gasteiger partial charge in [0.2, 0.25) is 0 Å². The van der Waals surface area contributed by atoms with Crippen molar-refractivity contribution in [2.45, 2.75) is 13.5 Å². The molecule has 0 heterocycles. The average molecular weight is 338 g/mol. The molecule has 2 rings (SSSR count). The molecule has 2 aromatic rings. The molecule has 0 N–H and O–H groups in total. The average Bonchev–Trinajstić information content (AvgIpc) is 2.54. The Balaban J connectivity index is 2.07. The van der Waals surface area contributed by atoms with Crippen LogP contribution in [0.25, 0.3) is 0 Å². The Morgan fingerprint density at radius 3 is 2.59 bits per heavy atom. The molecule has 0 bridgehead atoms. The first-order valence-electron chi connectivity index (χ1n) is 6.93. The lowest BCUT2D eigenvalue weighted by Crippen LogP contribution is -2.26. The summed E-state index contributed by atoms with van der Waals surface area (Å²) in [5.74, 6) is 0.615. The maximum Gasteiger partial charge on any atom is 0.253 e. The van der Waals surface area contributed by atoms with Gasteiger partial charge in [-0.05, 0) is 42.8 Å². The summed E-state index contributed by atoms with van der Waals surface area (Å²) in [5.41, 5.74) is 1.52. The molecule has 0 saturated carbocycles. The summed E-state index contributed by atoms with van der Waals surface area (Å²) in [7, 11) is 1.77. The van der Waals surface area contributed by atoms with E-state index in [1.165, 1.54) is 0 Å². The maximum atomic E-state index is 12.1. The van der Waals surface area contributed by atoms with Crippen LogP contribution in [0.5, 0.6) is 5.75 Å². The van der Waals surface area contributed by atoms with E-state index in [0.717, 1.165) is 5.56 Å². The van der Waals surface area contributed by atoms with Crippen molar-refractivity contribution < 1.29 is 9.53 Å². The van der Waals surface area contributed by atoms with Gasteiger partial charge >= 0.3 is 0 Å². The van der Waals surface area contributed by atoms with Crippen LogP contribution in [0, 0.1) is 0 Å². The van der Waals surface area contributed by atoms with E-state index in [2.05, 4.69) is 0 Å². The van der Waals surface area contributed by atoms with E-state index in [0.29, 0.717) is 34.5 Å². The number of benzene rings is 2. The second-order valence-corrected chi connectivity index (χ2v) is 5.70. The lowest BCUT2D eigenvalue weighted by atomic mass is 10.2. The number of carbonyl (C=O) groups excluding carboxylic acids is 1. The minimum atomic E-state index is -0.0255. The molecule has 1 amide bonds. The number of carbonyl (C=O) groups is 1. The largest absolute Gasteiger partial charge is 0.489 e. The number of amides is 1. The number of hydrogen-bond acceptors (Lipinski definition) is 2. The van der Waals surface area contributed by atoms with Gasteiger partial charge in [-0.25, -0.2) is 0 Å². The summed E-state index contributed by atoms with van der Waals surface area (Å²) in [5, 5.41) is 1.01. The number of ether oxygens (including phenoxy) is 1.